The number of fused-ring (bicyclic) bond motifs is 1. The van der Waals surface area contributed by atoms with Crippen LogP contribution >= 0.6 is 0 Å². The van der Waals surface area contributed by atoms with Crippen LogP contribution in [0.15, 0.2) is 30.3 Å². The van der Waals surface area contributed by atoms with Crippen LogP contribution in [-0.2, 0) is 16.0 Å². The largest absolute Gasteiger partial charge is 0.444 e. The van der Waals surface area contributed by atoms with Crippen molar-refractivity contribution in [3.05, 3.63) is 35.9 Å². The van der Waals surface area contributed by atoms with Gasteiger partial charge in [-0.25, -0.2) is 4.79 Å². The van der Waals surface area contributed by atoms with Crippen LogP contribution in [0.4, 0.5) is 4.79 Å². The second-order valence-electron chi connectivity index (χ2n) is 8.38. The van der Waals surface area contributed by atoms with Gasteiger partial charge in [0.25, 0.3) is 0 Å². The lowest BCUT2D eigenvalue weighted by molar-refractivity contribution is -0.136. The van der Waals surface area contributed by atoms with Crippen LogP contribution in [0.1, 0.15) is 39.7 Å². The fourth-order valence-electron chi connectivity index (χ4n) is 4.10. The van der Waals surface area contributed by atoms with Gasteiger partial charge in [0.1, 0.15) is 5.60 Å². The number of benzene rings is 1. The molecular formula is C20H28N2O3. The van der Waals surface area contributed by atoms with Crippen molar-refractivity contribution < 1.29 is 14.3 Å². The standard InChI is InChI=1S/C20H28N2O3/c1-15-12-20(13-16-8-6-5-7-9-16)14-21(10-11-22(20)17(15)23)18(24)25-19(2,3)4/h5-9,15H,10-14H2,1-4H3. The minimum Gasteiger partial charge on any atom is -0.444 e. The molecule has 0 bridgehead atoms. The maximum Gasteiger partial charge on any atom is 0.410 e. The molecule has 0 spiro atoms. The molecule has 2 fully saturated rings. The zero-order valence-corrected chi connectivity index (χ0v) is 15.6. The number of hydrogen-bond acceptors (Lipinski definition) is 3. The summed E-state index contributed by atoms with van der Waals surface area (Å²) in [6.07, 6.45) is 1.26. The Morgan fingerprint density at radius 2 is 1.92 bits per heavy atom. The third kappa shape index (κ3) is 3.65. The summed E-state index contributed by atoms with van der Waals surface area (Å²) in [6, 6.07) is 10.2. The van der Waals surface area contributed by atoms with E-state index in [0.717, 1.165) is 12.8 Å². The van der Waals surface area contributed by atoms with Crippen molar-refractivity contribution in [2.45, 2.75) is 51.7 Å². The van der Waals surface area contributed by atoms with Crippen LogP contribution in [-0.4, -0.2) is 52.6 Å². The van der Waals surface area contributed by atoms with Gasteiger partial charge in [0.05, 0.1) is 5.54 Å². The Bertz CT molecular complexity index is 653. The van der Waals surface area contributed by atoms with E-state index in [-0.39, 0.29) is 23.5 Å². The molecule has 2 saturated heterocycles. The summed E-state index contributed by atoms with van der Waals surface area (Å²) in [5.74, 6) is 0.210. The normalized spacial score (nSPS) is 26.6. The number of amides is 2. The smallest absolute Gasteiger partial charge is 0.410 e. The number of ether oxygens (including phenoxy) is 1. The molecule has 2 amide bonds. The van der Waals surface area contributed by atoms with Crippen molar-refractivity contribution in [1.82, 2.24) is 9.80 Å². The average molecular weight is 344 g/mol. The fraction of sp³-hybridized carbons (Fsp3) is 0.600. The molecule has 1 aromatic rings. The van der Waals surface area contributed by atoms with E-state index >= 15 is 0 Å². The zero-order chi connectivity index (χ0) is 18.2. The molecule has 2 heterocycles. The van der Waals surface area contributed by atoms with Gasteiger partial charge in [-0.15, -0.1) is 0 Å². The lowest BCUT2D eigenvalue weighted by Crippen LogP contribution is -2.62. The highest BCUT2D eigenvalue weighted by Gasteiger charge is 2.52. The third-order valence-electron chi connectivity index (χ3n) is 5.05. The van der Waals surface area contributed by atoms with Gasteiger partial charge in [-0.2, -0.15) is 0 Å². The predicted molar refractivity (Wildman–Crippen MR) is 96.2 cm³/mol. The Balaban J connectivity index is 1.84. The minimum absolute atomic E-state index is 0.00213. The first kappa shape index (κ1) is 17.8. The van der Waals surface area contributed by atoms with E-state index in [1.807, 2.05) is 50.8 Å². The van der Waals surface area contributed by atoms with Crippen LogP contribution in [0.3, 0.4) is 0 Å². The molecule has 0 saturated carbocycles. The maximum absolute atomic E-state index is 12.6. The van der Waals surface area contributed by atoms with Gasteiger partial charge in [-0.1, -0.05) is 37.3 Å². The molecule has 2 unspecified atom stereocenters. The monoisotopic (exact) mass is 344 g/mol. The highest BCUT2D eigenvalue weighted by atomic mass is 16.6. The van der Waals surface area contributed by atoms with Crippen LogP contribution in [0, 0.1) is 5.92 Å². The zero-order valence-electron chi connectivity index (χ0n) is 15.6. The van der Waals surface area contributed by atoms with E-state index in [1.165, 1.54) is 5.56 Å². The van der Waals surface area contributed by atoms with E-state index in [9.17, 15) is 9.59 Å². The van der Waals surface area contributed by atoms with Crippen LogP contribution in [0.25, 0.3) is 0 Å². The Hall–Kier alpha value is -2.04. The van der Waals surface area contributed by atoms with Gasteiger partial charge in [0.2, 0.25) is 5.91 Å². The Morgan fingerprint density at radius 1 is 1.24 bits per heavy atom. The predicted octanol–water partition coefficient (Wildman–Crippen LogP) is 3.09. The summed E-state index contributed by atoms with van der Waals surface area (Å²) in [7, 11) is 0. The van der Waals surface area contributed by atoms with E-state index in [4.69, 9.17) is 4.74 Å². The molecule has 136 valence electrons. The van der Waals surface area contributed by atoms with Crippen molar-refractivity contribution in [2.24, 2.45) is 5.92 Å². The molecule has 2 atom stereocenters. The molecule has 1 aromatic carbocycles. The number of carbonyl (C=O) groups is 2. The van der Waals surface area contributed by atoms with Crippen molar-refractivity contribution in [2.75, 3.05) is 19.6 Å². The Labute approximate surface area is 149 Å². The highest BCUT2D eigenvalue weighted by Crippen LogP contribution is 2.39. The van der Waals surface area contributed by atoms with Gasteiger partial charge in [0.15, 0.2) is 0 Å². The van der Waals surface area contributed by atoms with Crippen molar-refractivity contribution in [3.8, 4) is 0 Å². The molecule has 0 aromatic heterocycles. The van der Waals surface area contributed by atoms with Crippen LogP contribution < -0.4 is 0 Å². The summed E-state index contributed by atoms with van der Waals surface area (Å²) in [5, 5.41) is 0. The maximum atomic E-state index is 12.6. The van der Waals surface area contributed by atoms with Crippen molar-refractivity contribution >= 4 is 12.0 Å². The average Bonchev–Trinajstić information content (AvgIpc) is 2.77. The first-order valence-electron chi connectivity index (χ1n) is 9.04. The third-order valence-corrected chi connectivity index (χ3v) is 5.05. The lowest BCUT2D eigenvalue weighted by Gasteiger charge is -2.47. The molecule has 5 heteroatoms. The second-order valence-corrected chi connectivity index (χ2v) is 8.38. The summed E-state index contributed by atoms with van der Waals surface area (Å²) >= 11 is 0. The quantitative estimate of drug-likeness (QED) is 0.828. The molecule has 0 aliphatic carbocycles. The molecule has 0 N–H and O–H groups in total. The highest BCUT2D eigenvalue weighted by molar-refractivity contribution is 5.83. The van der Waals surface area contributed by atoms with Crippen LogP contribution in [0.5, 0.6) is 0 Å². The van der Waals surface area contributed by atoms with Crippen molar-refractivity contribution in [3.63, 3.8) is 0 Å². The Kier molecular flexibility index (Phi) is 4.52. The molecule has 2 aliphatic heterocycles. The summed E-state index contributed by atoms with van der Waals surface area (Å²) < 4.78 is 5.56. The molecule has 25 heavy (non-hydrogen) atoms. The molecule has 3 rings (SSSR count). The summed E-state index contributed by atoms with van der Waals surface area (Å²) in [6.45, 7) is 9.27. The van der Waals surface area contributed by atoms with Gasteiger partial charge >= 0.3 is 6.09 Å². The van der Waals surface area contributed by atoms with Crippen molar-refractivity contribution in [1.29, 1.82) is 0 Å². The minimum atomic E-state index is -0.514. The van der Waals surface area contributed by atoms with E-state index < -0.39 is 5.60 Å². The second kappa shape index (κ2) is 6.36. The van der Waals surface area contributed by atoms with Gasteiger partial charge in [-0.3, -0.25) is 4.79 Å². The Morgan fingerprint density at radius 3 is 2.56 bits per heavy atom. The molecule has 2 aliphatic rings. The summed E-state index contributed by atoms with van der Waals surface area (Å²) in [5.41, 5.74) is 0.354. The molecular weight excluding hydrogens is 316 g/mol. The molecule has 0 radical (unpaired) electrons. The van der Waals surface area contributed by atoms with Gasteiger partial charge in [0, 0.05) is 25.6 Å². The van der Waals surface area contributed by atoms with Gasteiger partial charge < -0.3 is 14.5 Å². The molecule has 5 nitrogen and oxygen atoms in total. The lowest BCUT2D eigenvalue weighted by atomic mass is 9.84. The van der Waals surface area contributed by atoms with Gasteiger partial charge in [-0.05, 0) is 39.2 Å². The van der Waals surface area contributed by atoms with E-state index in [0.29, 0.717) is 19.6 Å². The van der Waals surface area contributed by atoms with Crippen LogP contribution in [0.2, 0.25) is 0 Å². The number of nitrogens with zero attached hydrogens (tertiary/aromatic N) is 2. The number of hydrogen-bond donors (Lipinski definition) is 0. The number of rotatable bonds is 2. The first-order chi connectivity index (χ1) is 11.7. The van der Waals surface area contributed by atoms with E-state index in [2.05, 4.69) is 12.1 Å². The SMILES string of the molecule is CC1CC2(Cc3ccccc3)CN(C(=O)OC(C)(C)C)CCN2C1=O. The topological polar surface area (TPSA) is 49.9 Å². The first-order valence-corrected chi connectivity index (χ1v) is 9.04. The number of piperazine rings is 1. The summed E-state index contributed by atoms with van der Waals surface area (Å²) in [4.78, 5) is 29.0. The number of carbonyl (C=O) groups excluding carboxylic acids is 2. The van der Waals surface area contributed by atoms with E-state index in [1.54, 1.807) is 4.90 Å². The fourth-order valence-corrected chi connectivity index (χ4v) is 4.10.